The van der Waals surface area contributed by atoms with Crippen molar-refractivity contribution in [1.82, 2.24) is 25.2 Å². The van der Waals surface area contributed by atoms with Crippen LogP contribution in [0.15, 0.2) is 6.07 Å². The molecule has 17 heteroatoms. The van der Waals surface area contributed by atoms with Crippen molar-refractivity contribution in [3.63, 3.8) is 0 Å². The van der Waals surface area contributed by atoms with Gasteiger partial charge in [-0.05, 0) is 50.9 Å². The Kier molecular flexibility index (Phi) is 12.1. The average Bonchev–Trinajstić information content (AvgIpc) is 3.61. The number of nitrogens with one attached hydrogen (secondary N) is 2. The van der Waals surface area contributed by atoms with Crippen LogP contribution in [0.2, 0.25) is 0 Å². The van der Waals surface area contributed by atoms with Gasteiger partial charge in [0, 0.05) is 37.7 Å². The summed E-state index contributed by atoms with van der Waals surface area (Å²) in [5, 5.41) is 5.52. The molecular formula is C31H39F8N7O2. The number of rotatable bonds is 3. The standard InChI is InChI=1S/C22H21F7N6O2.C7H12FN.C2H6/c1-8-13(22(27,28)29)9(7-10(30)14(8)23)16-15(24)17-12-19(35-21(34-17)36-2)32-6-5-31-4-3-11(18(25)26)37-20(12)33-16;8-6-4-7-2-1-3-9(7)5-6;1-2/h7,11,18,31H,3-6,30H2,1-2H3,(H,32,34,35);6-7H,1-5H2;1-2H3. The van der Waals surface area contributed by atoms with E-state index in [2.05, 4.69) is 30.5 Å². The number of anilines is 2. The third kappa shape index (κ3) is 7.93. The number of nitrogens with zero attached hydrogens (tertiary/aromatic N) is 4. The van der Waals surface area contributed by atoms with Gasteiger partial charge in [-0.15, -0.1) is 0 Å². The molecule has 2 fully saturated rings. The van der Waals surface area contributed by atoms with Gasteiger partial charge >= 0.3 is 12.2 Å². The number of nitrogen functional groups attached to an aromatic ring is 1. The molecule has 0 amide bonds. The molecule has 0 radical (unpaired) electrons. The number of hydrogen-bond donors (Lipinski definition) is 3. The summed E-state index contributed by atoms with van der Waals surface area (Å²) in [5.41, 5.74) is -0.0683. The van der Waals surface area contributed by atoms with Crippen molar-refractivity contribution in [1.29, 1.82) is 0 Å². The fraction of sp³-hybridized carbons (Fsp3) is 0.581. The van der Waals surface area contributed by atoms with E-state index in [1.54, 1.807) is 0 Å². The summed E-state index contributed by atoms with van der Waals surface area (Å²) in [7, 11) is 1.18. The Balaban J connectivity index is 0.000000399. The Bertz CT molecular complexity index is 1560. The van der Waals surface area contributed by atoms with E-state index >= 15 is 4.39 Å². The SMILES string of the molecule is CC.COc1nc2c3c(nc(-c4cc(N)c(F)c(C)c4C(F)(F)F)c(F)c3n1)OC(C(F)F)CCNCCN2.FC1CC2CCCN2C1. The average molecular weight is 694 g/mol. The van der Waals surface area contributed by atoms with Crippen LogP contribution in [-0.4, -0.2) is 84.4 Å². The molecule has 3 unspecified atom stereocenters. The summed E-state index contributed by atoms with van der Waals surface area (Å²) in [6, 6.07) is 0.822. The van der Waals surface area contributed by atoms with E-state index < -0.39 is 76.0 Å². The van der Waals surface area contributed by atoms with Crippen LogP contribution in [0.4, 0.5) is 46.6 Å². The van der Waals surface area contributed by atoms with E-state index in [0.29, 0.717) is 25.2 Å². The first-order valence-electron chi connectivity index (χ1n) is 15.7. The van der Waals surface area contributed by atoms with Crippen LogP contribution in [-0.2, 0) is 6.18 Å². The van der Waals surface area contributed by atoms with Gasteiger partial charge in [0.15, 0.2) is 11.9 Å². The number of methoxy groups -OCH3 is 1. The van der Waals surface area contributed by atoms with Gasteiger partial charge in [-0.2, -0.15) is 23.1 Å². The minimum Gasteiger partial charge on any atom is -0.468 e. The lowest BCUT2D eigenvalue weighted by Crippen LogP contribution is -2.31. The summed E-state index contributed by atoms with van der Waals surface area (Å²) >= 11 is 0. The lowest BCUT2D eigenvalue weighted by atomic mass is 9.96. The summed E-state index contributed by atoms with van der Waals surface area (Å²) in [5.74, 6) is -3.45. The second-order valence-corrected chi connectivity index (χ2v) is 11.3. The number of hydrogen-bond acceptors (Lipinski definition) is 9. The number of halogens is 8. The quantitative estimate of drug-likeness (QED) is 0.209. The number of alkyl halides is 6. The monoisotopic (exact) mass is 693 g/mol. The molecule has 0 saturated carbocycles. The van der Waals surface area contributed by atoms with Gasteiger partial charge in [0.2, 0.25) is 5.88 Å². The molecule has 5 heterocycles. The van der Waals surface area contributed by atoms with Crippen molar-refractivity contribution in [2.75, 3.05) is 50.9 Å². The molecule has 266 valence electrons. The first-order valence-corrected chi connectivity index (χ1v) is 15.7. The number of fused-ring (bicyclic) bond motifs is 1. The Morgan fingerprint density at radius 3 is 2.44 bits per heavy atom. The van der Waals surface area contributed by atoms with Crippen molar-refractivity contribution >= 4 is 22.4 Å². The van der Waals surface area contributed by atoms with E-state index in [1.165, 1.54) is 20.0 Å². The smallest absolute Gasteiger partial charge is 0.417 e. The molecule has 3 aliphatic rings. The second kappa shape index (κ2) is 15.7. The lowest BCUT2D eigenvalue weighted by molar-refractivity contribution is -0.137. The predicted octanol–water partition coefficient (Wildman–Crippen LogP) is 6.52. The van der Waals surface area contributed by atoms with Gasteiger partial charge < -0.3 is 25.8 Å². The Morgan fingerprint density at radius 1 is 1.06 bits per heavy atom. The maximum Gasteiger partial charge on any atom is 0.417 e. The summed E-state index contributed by atoms with van der Waals surface area (Å²) in [6.07, 6.45) is -7.30. The molecule has 3 aliphatic heterocycles. The van der Waals surface area contributed by atoms with Crippen LogP contribution >= 0.6 is 0 Å². The van der Waals surface area contributed by atoms with E-state index in [-0.39, 0.29) is 36.7 Å². The fourth-order valence-electron chi connectivity index (χ4n) is 6.02. The normalized spacial score (nSPS) is 21.2. The van der Waals surface area contributed by atoms with Crippen LogP contribution in [0.1, 0.15) is 50.7 Å². The van der Waals surface area contributed by atoms with Gasteiger partial charge in [-0.1, -0.05) is 13.8 Å². The fourth-order valence-corrected chi connectivity index (χ4v) is 6.02. The van der Waals surface area contributed by atoms with Gasteiger partial charge in [0.05, 0.1) is 18.4 Å². The first-order chi connectivity index (χ1) is 22.8. The molecule has 1 aromatic carbocycles. The van der Waals surface area contributed by atoms with Gasteiger partial charge in [0.25, 0.3) is 6.43 Å². The van der Waals surface area contributed by atoms with Crippen molar-refractivity contribution in [3.8, 4) is 23.1 Å². The zero-order valence-electron chi connectivity index (χ0n) is 27.0. The predicted molar refractivity (Wildman–Crippen MR) is 165 cm³/mol. The molecule has 2 aromatic heterocycles. The largest absolute Gasteiger partial charge is 0.468 e. The van der Waals surface area contributed by atoms with Crippen LogP contribution < -0.4 is 25.8 Å². The zero-order chi connectivity index (χ0) is 35.3. The Labute approximate surface area is 272 Å². The summed E-state index contributed by atoms with van der Waals surface area (Å²) in [4.78, 5) is 14.1. The molecule has 3 aromatic rings. The zero-order valence-corrected chi connectivity index (χ0v) is 27.0. The third-order valence-corrected chi connectivity index (χ3v) is 8.18. The van der Waals surface area contributed by atoms with Crippen molar-refractivity contribution < 1.29 is 44.6 Å². The van der Waals surface area contributed by atoms with Gasteiger partial charge in [-0.25, -0.2) is 26.9 Å². The highest BCUT2D eigenvalue weighted by Crippen LogP contribution is 2.45. The van der Waals surface area contributed by atoms with Crippen molar-refractivity contribution in [2.24, 2.45) is 0 Å². The number of benzene rings is 1. The van der Waals surface area contributed by atoms with Crippen molar-refractivity contribution in [3.05, 3.63) is 28.8 Å². The minimum atomic E-state index is -5.15. The highest BCUT2D eigenvalue weighted by Gasteiger charge is 2.40. The van der Waals surface area contributed by atoms with Crippen LogP contribution in [0.3, 0.4) is 0 Å². The second-order valence-electron chi connectivity index (χ2n) is 11.3. The molecular weight excluding hydrogens is 654 g/mol. The topological polar surface area (TPSA) is 110 Å². The van der Waals surface area contributed by atoms with E-state index in [0.717, 1.165) is 19.9 Å². The van der Waals surface area contributed by atoms with Gasteiger partial charge in [-0.3, -0.25) is 4.90 Å². The molecule has 48 heavy (non-hydrogen) atoms. The first kappa shape index (κ1) is 37.1. The number of nitrogens with two attached hydrogens (primary N) is 1. The Morgan fingerprint density at radius 2 is 1.79 bits per heavy atom. The molecule has 3 atom stereocenters. The van der Waals surface area contributed by atoms with Crippen LogP contribution in [0, 0.1) is 18.6 Å². The number of ether oxygens (including phenoxy) is 2. The number of pyridine rings is 1. The molecule has 0 spiro atoms. The van der Waals surface area contributed by atoms with E-state index in [4.69, 9.17) is 15.2 Å². The van der Waals surface area contributed by atoms with E-state index in [1.807, 2.05) is 13.8 Å². The highest BCUT2D eigenvalue weighted by atomic mass is 19.4. The molecule has 0 aliphatic carbocycles. The summed E-state index contributed by atoms with van der Waals surface area (Å²) < 4.78 is 123. The number of aromatic nitrogens is 3. The van der Waals surface area contributed by atoms with Crippen LogP contribution in [0.5, 0.6) is 11.9 Å². The lowest BCUT2D eigenvalue weighted by Gasteiger charge is -2.22. The third-order valence-electron chi connectivity index (χ3n) is 8.18. The molecule has 2 saturated heterocycles. The van der Waals surface area contributed by atoms with E-state index in [9.17, 15) is 30.7 Å². The summed E-state index contributed by atoms with van der Waals surface area (Å²) in [6.45, 7) is 7.33. The molecule has 4 N–H and O–H groups in total. The van der Waals surface area contributed by atoms with Crippen LogP contribution in [0.25, 0.3) is 22.2 Å². The maximum atomic E-state index is 15.9. The highest BCUT2D eigenvalue weighted by molar-refractivity contribution is 5.96. The van der Waals surface area contributed by atoms with Gasteiger partial charge in [0.1, 0.15) is 34.4 Å². The maximum absolute atomic E-state index is 15.9. The van der Waals surface area contributed by atoms with Crippen molar-refractivity contribution in [2.45, 2.75) is 77.4 Å². The molecule has 0 bridgehead atoms. The molecule has 6 rings (SSSR count). The molecule has 9 nitrogen and oxygen atoms in total. The Hall–Kier alpha value is -3.73. The minimum absolute atomic E-state index is 0.0997.